The molecule has 0 amide bonds. The molecule has 0 aromatic heterocycles. The summed E-state index contributed by atoms with van der Waals surface area (Å²) in [6.07, 6.45) is 3.02. The summed E-state index contributed by atoms with van der Waals surface area (Å²) in [5.41, 5.74) is 0.790. The van der Waals surface area contributed by atoms with Crippen molar-refractivity contribution in [3.8, 4) is 6.07 Å². The van der Waals surface area contributed by atoms with E-state index >= 15 is 0 Å². The summed E-state index contributed by atoms with van der Waals surface area (Å²) in [4.78, 5) is 14.7. The van der Waals surface area contributed by atoms with E-state index in [0.29, 0.717) is 22.9 Å². The first-order chi connectivity index (χ1) is 11.2. The Balaban J connectivity index is 2.30. The molecule has 0 aliphatic heterocycles. The summed E-state index contributed by atoms with van der Waals surface area (Å²) in [5.74, 6) is 0.391. The molecule has 0 radical (unpaired) electrons. The summed E-state index contributed by atoms with van der Waals surface area (Å²) < 4.78 is 5.60. The van der Waals surface area contributed by atoms with Crippen LogP contribution < -0.4 is 4.90 Å². The lowest BCUT2D eigenvalue weighted by Crippen LogP contribution is -2.45. The molecule has 130 valence electrons. The normalized spacial score (nSPS) is 15.5. The SMILES string of the molecule is CCC(C(=O)OC(C)(C)C)N(CC1CC1)c1ccc(C#N)c(Cl)c1. The third-order valence-electron chi connectivity index (χ3n) is 4.00. The molecule has 1 saturated carbocycles. The van der Waals surface area contributed by atoms with Gasteiger partial charge in [0.25, 0.3) is 0 Å². The van der Waals surface area contributed by atoms with E-state index in [0.717, 1.165) is 12.2 Å². The minimum Gasteiger partial charge on any atom is -0.458 e. The van der Waals surface area contributed by atoms with Crippen molar-refractivity contribution >= 4 is 23.3 Å². The number of benzene rings is 1. The fourth-order valence-corrected chi connectivity index (χ4v) is 2.87. The predicted molar refractivity (Wildman–Crippen MR) is 96.2 cm³/mol. The molecule has 1 aliphatic carbocycles. The van der Waals surface area contributed by atoms with E-state index in [1.807, 2.05) is 33.8 Å². The lowest BCUT2D eigenvalue weighted by Gasteiger charge is -2.34. The van der Waals surface area contributed by atoms with Crippen LogP contribution in [0.3, 0.4) is 0 Å². The Labute approximate surface area is 149 Å². The highest BCUT2D eigenvalue weighted by Gasteiger charge is 2.33. The maximum Gasteiger partial charge on any atom is 0.329 e. The molecule has 0 saturated heterocycles. The topological polar surface area (TPSA) is 53.3 Å². The molecule has 1 atom stereocenters. The van der Waals surface area contributed by atoms with Crippen molar-refractivity contribution in [3.63, 3.8) is 0 Å². The molecule has 1 aromatic rings. The van der Waals surface area contributed by atoms with Crippen molar-refractivity contribution in [2.45, 2.75) is 58.6 Å². The quantitative estimate of drug-likeness (QED) is 0.708. The van der Waals surface area contributed by atoms with Gasteiger partial charge in [0.2, 0.25) is 0 Å². The number of ether oxygens (including phenoxy) is 1. The lowest BCUT2D eigenvalue weighted by atomic mass is 10.1. The van der Waals surface area contributed by atoms with Gasteiger partial charge in [0.15, 0.2) is 0 Å². The van der Waals surface area contributed by atoms with Crippen LogP contribution in [0.2, 0.25) is 5.02 Å². The molecule has 2 rings (SSSR count). The van der Waals surface area contributed by atoms with Crippen LogP contribution in [0.5, 0.6) is 0 Å². The zero-order valence-corrected chi connectivity index (χ0v) is 15.6. The number of rotatable bonds is 6. The van der Waals surface area contributed by atoms with E-state index in [4.69, 9.17) is 21.6 Å². The summed E-state index contributed by atoms with van der Waals surface area (Å²) >= 11 is 6.19. The van der Waals surface area contributed by atoms with Gasteiger partial charge in [-0.05, 0) is 64.2 Å². The number of carbonyl (C=O) groups is 1. The van der Waals surface area contributed by atoms with Crippen LogP contribution in [0.15, 0.2) is 18.2 Å². The third kappa shape index (κ3) is 4.88. The summed E-state index contributed by atoms with van der Waals surface area (Å²) in [6, 6.07) is 7.06. The Bertz CT molecular complexity index is 642. The number of nitrogens with zero attached hydrogens (tertiary/aromatic N) is 2. The minimum atomic E-state index is -0.516. The van der Waals surface area contributed by atoms with E-state index in [2.05, 4.69) is 11.0 Å². The maximum absolute atomic E-state index is 12.7. The Hall–Kier alpha value is -1.73. The zero-order chi connectivity index (χ0) is 17.9. The van der Waals surface area contributed by atoms with Crippen molar-refractivity contribution in [1.29, 1.82) is 5.26 Å². The molecule has 1 unspecified atom stereocenters. The Kier molecular flexibility index (Phi) is 5.77. The molecule has 1 aliphatic rings. The minimum absolute atomic E-state index is 0.217. The van der Waals surface area contributed by atoms with Gasteiger partial charge in [-0.3, -0.25) is 0 Å². The number of esters is 1. The smallest absolute Gasteiger partial charge is 0.329 e. The molecule has 5 heteroatoms. The number of carbonyl (C=O) groups excluding carboxylic acids is 1. The fourth-order valence-electron chi connectivity index (χ4n) is 2.65. The molecular formula is C19H25ClN2O2. The van der Waals surface area contributed by atoms with E-state index < -0.39 is 5.60 Å². The second-order valence-corrected chi connectivity index (χ2v) is 7.74. The van der Waals surface area contributed by atoms with Gasteiger partial charge in [-0.2, -0.15) is 5.26 Å². The summed E-state index contributed by atoms with van der Waals surface area (Å²) in [7, 11) is 0. The average Bonchev–Trinajstić information content (AvgIpc) is 3.29. The largest absolute Gasteiger partial charge is 0.458 e. The van der Waals surface area contributed by atoms with E-state index in [1.165, 1.54) is 12.8 Å². The van der Waals surface area contributed by atoms with Gasteiger partial charge in [0.1, 0.15) is 17.7 Å². The second kappa shape index (κ2) is 7.44. The number of hydrogen-bond donors (Lipinski definition) is 0. The van der Waals surface area contributed by atoms with Crippen molar-refractivity contribution in [2.24, 2.45) is 5.92 Å². The molecule has 1 aromatic carbocycles. The molecule has 0 N–H and O–H groups in total. The van der Waals surface area contributed by atoms with Gasteiger partial charge in [0, 0.05) is 12.2 Å². The molecular weight excluding hydrogens is 324 g/mol. The van der Waals surface area contributed by atoms with E-state index in [1.54, 1.807) is 12.1 Å². The molecule has 1 fully saturated rings. The van der Waals surface area contributed by atoms with Crippen molar-refractivity contribution in [2.75, 3.05) is 11.4 Å². The highest BCUT2D eigenvalue weighted by Crippen LogP contribution is 2.34. The molecule has 0 spiro atoms. The van der Waals surface area contributed by atoms with Gasteiger partial charge < -0.3 is 9.64 Å². The van der Waals surface area contributed by atoms with Crippen LogP contribution in [-0.4, -0.2) is 24.2 Å². The average molecular weight is 349 g/mol. The monoisotopic (exact) mass is 348 g/mol. The zero-order valence-electron chi connectivity index (χ0n) is 14.8. The summed E-state index contributed by atoms with van der Waals surface area (Å²) in [6.45, 7) is 8.42. The fraction of sp³-hybridized carbons (Fsp3) is 0.579. The molecule has 0 heterocycles. The summed E-state index contributed by atoms with van der Waals surface area (Å²) in [5, 5.41) is 9.46. The second-order valence-electron chi connectivity index (χ2n) is 7.33. The van der Waals surface area contributed by atoms with Crippen LogP contribution in [0.1, 0.15) is 52.5 Å². The highest BCUT2D eigenvalue weighted by molar-refractivity contribution is 6.32. The number of anilines is 1. The highest BCUT2D eigenvalue weighted by atomic mass is 35.5. The number of halogens is 1. The van der Waals surface area contributed by atoms with Gasteiger partial charge in [-0.1, -0.05) is 18.5 Å². The lowest BCUT2D eigenvalue weighted by molar-refractivity contribution is -0.156. The van der Waals surface area contributed by atoms with E-state index in [9.17, 15) is 4.79 Å². The standard InChI is InChI=1S/C19H25ClN2O2/c1-5-17(18(23)24-19(2,3)4)22(12-13-6-7-13)15-9-8-14(11-21)16(20)10-15/h8-10,13,17H,5-7,12H2,1-4H3. The van der Waals surface area contributed by atoms with Crippen molar-refractivity contribution < 1.29 is 9.53 Å². The first-order valence-corrected chi connectivity index (χ1v) is 8.82. The van der Waals surface area contributed by atoms with Crippen LogP contribution in [0, 0.1) is 17.2 Å². The van der Waals surface area contributed by atoms with Gasteiger partial charge in [-0.25, -0.2) is 4.79 Å². The van der Waals surface area contributed by atoms with Crippen LogP contribution >= 0.6 is 11.6 Å². The van der Waals surface area contributed by atoms with Gasteiger partial charge in [-0.15, -0.1) is 0 Å². The van der Waals surface area contributed by atoms with Crippen molar-refractivity contribution in [3.05, 3.63) is 28.8 Å². The van der Waals surface area contributed by atoms with Crippen LogP contribution in [0.25, 0.3) is 0 Å². The van der Waals surface area contributed by atoms with Gasteiger partial charge in [0.05, 0.1) is 10.6 Å². The van der Waals surface area contributed by atoms with Crippen LogP contribution in [0.4, 0.5) is 5.69 Å². The van der Waals surface area contributed by atoms with Crippen LogP contribution in [-0.2, 0) is 9.53 Å². The van der Waals surface area contributed by atoms with E-state index in [-0.39, 0.29) is 12.0 Å². The Morgan fingerprint density at radius 2 is 2.12 bits per heavy atom. The Morgan fingerprint density at radius 1 is 1.46 bits per heavy atom. The first-order valence-electron chi connectivity index (χ1n) is 8.44. The molecule has 0 bridgehead atoms. The Morgan fingerprint density at radius 3 is 2.58 bits per heavy atom. The first kappa shape index (κ1) is 18.6. The van der Waals surface area contributed by atoms with Gasteiger partial charge >= 0.3 is 5.97 Å². The van der Waals surface area contributed by atoms with Crippen molar-refractivity contribution in [1.82, 2.24) is 0 Å². The number of hydrogen-bond acceptors (Lipinski definition) is 4. The molecule has 24 heavy (non-hydrogen) atoms. The predicted octanol–water partition coefficient (Wildman–Crippen LogP) is 4.55. The number of nitriles is 1. The molecule has 4 nitrogen and oxygen atoms in total. The third-order valence-corrected chi connectivity index (χ3v) is 4.31. The maximum atomic E-state index is 12.7.